The summed E-state index contributed by atoms with van der Waals surface area (Å²) < 4.78 is 46.5. The molecule has 0 radical (unpaired) electrons. The molecule has 102 valence electrons. The van der Waals surface area contributed by atoms with Gasteiger partial charge in [-0.2, -0.15) is 13.2 Å². The molecule has 6 heteroatoms. The molecule has 0 aliphatic carbocycles. The normalized spacial score (nSPS) is 11.4. The van der Waals surface area contributed by atoms with Gasteiger partial charge in [0.25, 0.3) is 0 Å². The van der Waals surface area contributed by atoms with Crippen molar-refractivity contribution in [1.29, 1.82) is 0 Å². The van der Waals surface area contributed by atoms with Crippen LogP contribution in [0.25, 0.3) is 0 Å². The van der Waals surface area contributed by atoms with Crippen molar-refractivity contribution in [2.75, 3.05) is 13.2 Å². The van der Waals surface area contributed by atoms with Gasteiger partial charge in [-0.3, -0.25) is 0 Å². The summed E-state index contributed by atoms with van der Waals surface area (Å²) in [5, 5.41) is 0.425. The molecule has 0 saturated heterocycles. The molecule has 0 amide bonds. The Bertz CT molecular complexity index is 380. The first-order valence-corrected chi connectivity index (χ1v) is 6.59. The predicted molar refractivity (Wildman–Crippen MR) is 66.4 cm³/mol. The lowest BCUT2D eigenvalue weighted by Crippen LogP contribution is -2.19. The first-order valence-electron chi connectivity index (χ1n) is 5.47. The summed E-state index contributed by atoms with van der Waals surface area (Å²) in [6.45, 7) is 1.17. The first-order chi connectivity index (χ1) is 8.46. The monoisotopic (exact) mass is 326 g/mol. The molecule has 18 heavy (non-hydrogen) atoms. The molecule has 0 aliphatic heterocycles. The summed E-state index contributed by atoms with van der Waals surface area (Å²) >= 11 is 3.20. The van der Waals surface area contributed by atoms with Crippen LogP contribution in [0, 0.1) is 0 Å². The topological polar surface area (TPSA) is 18.5 Å². The number of rotatable bonds is 6. The lowest BCUT2D eigenvalue weighted by molar-refractivity contribution is -0.153. The molecule has 0 saturated carbocycles. The molecule has 0 heterocycles. The Hall–Kier alpha value is -0.910. The van der Waals surface area contributed by atoms with E-state index < -0.39 is 12.8 Å². The highest BCUT2D eigenvalue weighted by Crippen LogP contribution is 2.28. The van der Waals surface area contributed by atoms with Crippen LogP contribution >= 0.6 is 15.9 Å². The minimum atomic E-state index is -4.34. The predicted octanol–water partition coefficient (Wildman–Crippen LogP) is 4.31. The van der Waals surface area contributed by atoms with Gasteiger partial charge < -0.3 is 9.47 Å². The van der Waals surface area contributed by atoms with E-state index in [1.54, 1.807) is 12.1 Å². The largest absolute Gasteiger partial charge is 0.493 e. The summed E-state index contributed by atoms with van der Waals surface area (Å²) in [5.74, 6) is 0.705. The minimum absolute atomic E-state index is 0.192. The fourth-order valence-electron chi connectivity index (χ4n) is 1.25. The number of alkyl halides is 4. The Morgan fingerprint density at radius 2 is 1.94 bits per heavy atom. The SMILES string of the molecule is CCCOc1ccc(CBr)c(OCC(F)(F)F)c1. The summed E-state index contributed by atoms with van der Waals surface area (Å²) in [5.41, 5.74) is 0.656. The van der Waals surface area contributed by atoms with Crippen LogP contribution in [-0.2, 0) is 5.33 Å². The van der Waals surface area contributed by atoms with Crippen molar-refractivity contribution in [3.8, 4) is 11.5 Å². The van der Waals surface area contributed by atoms with Gasteiger partial charge in [0.1, 0.15) is 11.5 Å². The molecule has 1 rings (SSSR count). The Morgan fingerprint density at radius 3 is 2.50 bits per heavy atom. The van der Waals surface area contributed by atoms with Crippen LogP contribution in [0.1, 0.15) is 18.9 Å². The second-order valence-electron chi connectivity index (χ2n) is 3.66. The van der Waals surface area contributed by atoms with E-state index >= 15 is 0 Å². The maximum absolute atomic E-state index is 12.1. The summed E-state index contributed by atoms with van der Waals surface area (Å²) in [7, 11) is 0. The third kappa shape index (κ3) is 5.16. The second kappa shape index (κ2) is 6.87. The molecule has 2 nitrogen and oxygen atoms in total. The fourth-order valence-corrected chi connectivity index (χ4v) is 1.71. The van der Waals surface area contributed by atoms with Gasteiger partial charge in [0.15, 0.2) is 6.61 Å². The van der Waals surface area contributed by atoms with Crippen LogP contribution in [0.3, 0.4) is 0 Å². The van der Waals surface area contributed by atoms with Crippen molar-refractivity contribution in [2.45, 2.75) is 24.9 Å². The van der Waals surface area contributed by atoms with Gasteiger partial charge in [0.05, 0.1) is 6.61 Å². The van der Waals surface area contributed by atoms with Crippen molar-refractivity contribution < 1.29 is 22.6 Å². The molecule has 0 aromatic heterocycles. The molecule has 1 aromatic rings. The van der Waals surface area contributed by atoms with E-state index in [2.05, 4.69) is 15.9 Å². The van der Waals surface area contributed by atoms with Gasteiger partial charge in [-0.25, -0.2) is 0 Å². The first kappa shape index (κ1) is 15.1. The maximum atomic E-state index is 12.1. The number of hydrogen-bond donors (Lipinski definition) is 0. The third-order valence-corrected chi connectivity index (χ3v) is 2.65. The maximum Gasteiger partial charge on any atom is 0.422 e. The van der Waals surface area contributed by atoms with E-state index in [1.807, 2.05) is 6.92 Å². The quantitative estimate of drug-likeness (QED) is 0.725. The zero-order valence-corrected chi connectivity index (χ0v) is 11.5. The molecule has 0 aliphatic rings. The van der Waals surface area contributed by atoms with Gasteiger partial charge >= 0.3 is 6.18 Å². The van der Waals surface area contributed by atoms with Crippen molar-refractivity contribution in [3.05, 3.63) is 23.8 Å². The Morgan fingerprint density at radius 1 is 1.22 bits per heavy atom. The van der Waals surface area contributed by atoms with Gasteiger partial charge in [-0.15, -0.1) is 0 Å². The smallest absolute Gasteiger partial charge is 0.422 e. The molecule has 0 spiro atoms. The molecule has 0 unspecified atom stereocenters. The van der Waals surface area contributed by atoms with E-state index in [-0.39, 0.29) is 5.75 Å². The van der Waals surface area contributed by atoms with Crippen molar-refractivity contribution >= 4 is 15.9 Å². The summed E-state index contributed by atoms with van der Waals surface area (Å²) in [4.78, 5) is 0. The second-order valence-corrected chi connectivity index (χ2v) is 4.22. The lowest BCUT2D eigenvalue weighted by Gasteiger charge is -2.13. The molecule has 1 aromatic carbocycles. The summed E-state index contributed by atoms with van der Waals surface area (Å²) in [6, 6.07) is 4.89. The number of halogens is 4. The molecular weight excluding hydrogens is 313 g/mol. The van der Waals surface area contributed by atoms with Gasteiger partial charge in [0.2, 0.25) is 0 Å². The highest BCUT2D eigenvalue weighted by atomic mass is 79.9. The third-order valence-electron chi connectivity index (χ3n) is 2.05. The van der Waals surface area contributed by atoms with Crippen molar-refractivity contribution in [3.63, 3.8) is 0 Å². The average molecular weight is 327 g/mol. The number of ether oxygens (including phenoxy) is 2. The van der Waals surface area contributed by atoms with E-state index in [0.717, 1.165) is 6.42 Å². The molecular formula is C12H14BrF3O2. The van der Waals surface area contributed by atoms with Crippen LogP contribution in [0.4, 0.5) is 13.2 Å². The van der Waals surface area contributed by atoms with E-state index in [4.69, 9.17) is 9.47 Å². The van der Waals surface area contributed by atoms with Crippen LogP contribution < -0.4 is 9.47 Å². The molecule has 0 N–H and O–H groups in total. The van der Waals surface area contributed by atoms with E-state index in [1.165, 1.54) is 6.07 Å². The van der Waals surface area contributed by atoms with E-state index in [0.29, 0.717) is 23.2 Å². The lowest BCUT2D eigenvalue weighted by atomic mass is 10.2. The average Bonchev–Trinajstić information content (AvgIpc) is 2.33. The Kier molecular flexibility index (Phi) is 5.78. The Balaban J connectivity index is 2.78. The number of benzene rings is 1. The van der Waals surface area contributed by atoms with E-state index in [9.17, 15) is 13.2 Å². The van der Waals surface area contributed by atoms with Crippen molar-refractivity contribution in [2.24, 2.45) is 0 Å². The molecule has 0 atom stereocenters. The molecule has 0 bridgehead atoms. The Labute approximate surface area is 112 Å². The zero-order valence-electron chi connectivity index (χ0n) is 9.89. The number of hydrogen-bond acceptors (Lipinski definition) is 2. The van der Waals surface area contributed by atoms with Gasteiger partial charge in [-0.05, 0) is 12.5 Å². The fraction of sp³-hybridized carbons (Fsp3) is 0.500. The van der Waals surface area contributed by atoms with Crippen molar-refractivity contribution in [1.82, 2.24) is 0 Å². The molecule has 0 fully saturated rings. The van der Waals surface area contributed by atoms with Crippen LogP contribution in [0.2, 0.25) is 0 Å². The van der Waals surface area contributed by atoms with Gasteiger partial charge in [0, 0.05) is 17.0 Å². The highest BCUT2D eigenvalue weighted by Gasteiger charge is 2.28. The highest BCUT2D eigenvalue weighted by molar-refractivity contribution is 9.08. The van der Waals surface area contributed by atoms with Crippen LogP contribution in [0.5, 0.6) is 11.5 Å². The van der Waals surface area contributed by atoms with Crippen LogP contribution in [-0.4, -0.2) is 19.4 Å². The van der Waals surface area contributed by atoms with Gasteiger partial charge in [-0.1, -0.05) is 28.9 Å². The van der Waals surface area contributed by atoms with Crippen LogP contribution in [0.15, 0.2) is 18.2 Å². The minimum Gasteiger partial charge on any atom is -0.493 e. The summed E-state index contributed by atoms with van der Waals surface area (Å²) in [6.07, 6.45) is -3.51. The standard InChI is InChI=1S/C12H14BrF3O2/c1-2-5-17-10-4-3-9(7-13)11(6-10)18-8-12(14,15)16/h3-4,6H,2,5,7-8H2,1H3. The zero-order chi connectivity index (χ0) is 13.6.